The molecule has 0 aliphatic carbocycles. The van der Waals surface area contributed by atoms with Crippen LogP contribution in [0.5, 0.6) is 0 Å². The number of carbonyl (C=O) groups is 2. The molecule has 52 heavy (non-hydrogen) atoms. The lowest BCUT2D eigenvalue weighted by atomic mass is 9.88. The molecule has 2 rings (SSSR count). The van der Waals surface area contributed by atoms with E-state index in [1.165, 1.54) is 4.90 Å². The van der Waals surface area contributed by atoms with Gasteiger partial charge in [-0.05, 0) is 83.0 Å². The first-order valence-electron chi connectivity index (χ1n) is 19.9. The zero-order valence-electron chi connectivity index (χ0n) is 34.7. The predicted molar refractivity (Wildman–Crippen MR) is 209 cm³/mol. The molecule has 1 fully saturated rings. The summed E-state index contributed by atoms with van der Waals surface area (Å²) in [6, 6.07) is 2.91. The second kappa shape index (κ2) is 21.8. The molecule has 0 saturated carbocycles. The van der Waals surface area contributed by atoms with Crippen molar-refractivity contribution in [3.63, 3.8) is 0 Å². The molecule has 11 heteroatoms. The van der Waals surface area contributed by atoms with E-state index >= 15 is 0 Å². The highest BCUT2D eigenvalue weighted by molar-refractivity contribution is 6.73. The number of nitrogens with zero attached hydrogens (tertiary/aromatic N) is 1. The Hall–Kier alpha value is -2.02. The quantitative estimate of drug-likeness (QED) is 0.0367. The van der Waals surface area contributed by atoms with Gasteiger partial charge in [0.05, 0.1) is 30.3 Å². The summed E-state index contributed by atoms with van der Waals surface area (Å²) in [7, 11) is 1.33. The number of epoxide rings is 1. The summed E-state index contributed by atoms with van der Waals surface area (Å²) in [6.45, 7) is 23.0. The Morgan fingerprint density at radius 3 is 2.35 bits per heavy atom. The van der Waals surface area contributed by atoms with Gasteiger partial charge < -0.3 is 38.1 Å². The van der Waals surface area contributed by atoms with Gasteiger partial charge in [0, 0.05) is 32.5 Å². The van der Waals surface area contributed by atoms with Crippen molar-refractivity contribution < 1.29 is 42.8 Å². The molecule has 1 saturated heterocycles. The zero-order chi connectivity index (χ0) is 39.2. The largest absolute Gasteiger partial charge is 0.457 e. The fourth-order valence-electron chi connectivity index (χ4n) is 7.26. The minimum absolute atomic E-state index is 0.0638. The van der Waals surface area contributed by atoms with Crippen molar-refractivity contribution in [2.75, 3.05) is 20.7 Å². The summed E-state index contributed by atoms with van der Waals surface area (Å²) in [5, 5.41) is 11.6. The van der Waals surface area contributed by atoms with Gasteiger partial charge in [-0.15, -0.1) is 0 Å². The molecule has 0 aromatic rings. The van der Waals surface area contributed by atoms with Crippen molar-refractivity contribution in [1.82, 2.24) is 4.90 Å². The predicted octanol–water partition coefficient (Wildman–Crippen LogP) is 8.59. The second-order valence-electron chi connectivity index (χ2n) is 15.5. The molecule has 1 amide bonds. The van der Waals surface area contributed by atoms with Crippen LogP contribution in [0.25, 0.3) is 0 Å². The van der Waals surface area contributed by atoms with E-state index in [-0.39, 0.29) is 60.7 Å². The number of cyclic esters (lactones) is 1. The number of ether oxygens (including phenoxy) is 5. The van der Waals surface area contributed by atoms with Crippen LogP contribution in [-0.4, -0.2) is 99.6 Å². The number of esters is 1. The van der Waals surface area contributed by atoms with Crippen LogP contribution >= 0.6 is 0 Å². The minimum atomic E-state index is -2.05. The van der Waals surface area contributed by atoms with Crippen molar-refractivity contribution in [1.29, 1.82) is 0 Å². The Labute approximate surface area is 316 Å². The van der Waals surface area contributed by atoms with Crippen LogP contribution in [0.2, 0.25) is 18.1 Å². The average Bonchev–Trinajstić information content (AvgIpc) is 3.87. The van der Waals surface area contributed by atoms with Crippen LogP contribution in [0.3, 0.4) is 0 Å². The summed E-state index contributed by atoms with van der Waals surface area (Å²) in [6.07, 6.45) is 10.0. The number of rotatable bonds is 18. The van der Waals surface area contributed by atoms with Gasteiger partial charge in [0.25, 0.3) is 0 Å². The molecule has 2 aliphatic rings. The standard InChI is InChI=1S/C41H73NO9Si/c1-14-34(48-40(45)42(12)13)31(9)39-35(47-39)26-28(6)20-19-21-29(7)38-30(8)22-23-36(43)41(11,50-32(10)46-15-2)25-24-33(27-37(44)49-38)51-52(16-3,17-4)18-5/h19-23,28,30-36,38-39,43H,14-18,24-27H2,1-13H3. The van der Waals surface area contributed by atoms with Gasteiger partial charge in [0.2, 0.25) is 0 Å². The highest BCUT2D eigenvalue weighted by atomic mass is 28.4. The molecular formula is C41H73NO9Si. The van der Waals surface area contributed by atoms with E-state index in [0.29, 0.717) is 19.4 Å². The SMILES string of the molecule is CCOC(C)OC1(C)CCC(O[Si](CC)(CC)CC)CC(=O)OC(C(C)=CC=CC(C)CC2OC2C(C)C(CC)OC(=O)N(C)C)C(C)C=CC1O. The van der Waals surface area contributed by atoms with E-state index in [2.05, 4.69) is 40.7 Å². The molecule has 300 valence electrons. The lowest BCUT2D eigenvalue weighted by molar-refractivity contribution is -0.221. The van der Waals surface area contributed by atoms with Gasteiger partial charge in [-0.1, -0.05) is 78.8 Å². The Kier molecular flexibility index (Phi) is 19.3. The number of aliphatic hydroxyl groups excluding tert-OH is 1. The smallest absolute Gasteiger partial charge is 0.409 e. The lowest BCUT2D eigenvalue weighted by Gasteiger charge is -2.39. The van der Waals surface area contributed by atoms with Crippen LogP contribution in [0.4, 0.5) is 4.79 Å². The summed E-state index contributed by atoms with van der Waals surface area (Å²) < 4.78 is 36.9. The number of amides is 1. The van der Waals surface area contributed by atoms with Crippen molar-refractivity contribution in [3.8, 4) is 0 Å². The molecule has 10 nitrogen and oxygen atoms in total. The van der Waals surface area contributed by atoms with E-state index in [1.54, 1.807) is 20.2 Å². The molecule has 2 aliphatic heterocycles. The molecule has 0 aromatic heterocycles. The Morgan fingerprint density at radius 1 is 1.12 bits per heavy atom. The summed E-state index contributed by atoms with van der Waals surface area (Å²) >= 11 is 0. The Balaban J connectivity index is 2.25. The average molecular weight is 752 g/mol. The molecule has 1 N–H and O–H groups in total. The van der Waals surface area contributed by atoms with Crippen LogP contribution < -0.4 is 0 Å². The monoisotopic (exact) mass is 752 g/mol. The summed E-state index contributed by atoms with van der Waals surface area (Å²) in [5.41, 5.74) is -0.0381. The number of allylic oxidation sites excluding steroid dienone is 3. The molecule has 11 atom stereocenters. The third-order valence-electron chi connectivity index (χ3n) is 11.1. The first-order valence-corrected chi connectivity index (χ1v) is 22.4. The molecule has 0 bridgehead atoms. The van der Waals surface area contributed by atoms with Gasteiger partial charge in [0.1, 0.15) is 18.3 Å². The first-order chi connectivity index (χ1) is 24.5. The molecular weight excluding hydrogens is 679 g/mol. The van der Waals surface area contributed by atoms with Crippen molar-refractivity contribution in [2.45, 2.75) is 175 Å². The summed E-state index contributed by atoms with van der Waals surface area (Å²) in [4.78, 5) is 27.2. The van der Waals surface area contributed by atoms with E-state index < -0.39 is 32.4 Å². The van der Waals surface area contributed by atoms with E-state index in [4.69, 9.17) is 28.1 Å². The third-order valence-corrected chi connectivity index (χ3v) is 15.8. The Morgan fingerprint density at radius 2 is 1.77 bits per heavy atom. The van der Waals surface area contributed by atoms with Crippen molar-refractivity contribution in [3.05, 3.63) is 36.0 Å². The van der Waals surface area contributed by atoms with Gasteiger partial charge in [-0.3, -0.25) is 4.79 Å². The van der Waals surface area contributed by atoms with Crippen LogP contribution in [-0.2, 0) is 32.9 Å². The topological polar surface area (TPSA) is 116 Å². The lowest BCUT2D eigenvalue weighted by Crippen LogP contribution is -2.46. The Bertz CT molecular complexity index is 1180. The fraction of sp³-hybridized carbons (Fsp3) is 0.805. The highest BCUT2D eigenvalue weighted by Gasteiger charge is 2.46. The maximum absolute atomic E-state index is 13.7. The molecule has 11 unspecified atom stereocenters. The van der Waals surface area contributed by atoms with Gasteiger partial charge in [-0.25, -0.2) is 4.79 Å². The van der Waals surface area contributed by atoms with Gasteiger partial charge in [0.15, 0.2) is 14.6 Å². The fourth-order valence-corrected chi connectivity index (χ4v) is 10.2. The highest BCUT2D eigenvalue weighted by Crippen LogP contribution is 2.38. The van der Waals surface area contributed by atoms with Crippen LogP contribution in [0.1, 0.15) is 108 Å². The van der Waals surface area contributed by atoms with Gasteiger partial charge in [-0.2, -0.15) is 0 Å². The maximum atomic E-state index is 13.7. The molecule has 0 spiro atoms. The van der Waals surface area contributed by atoms with E-state index in [1.807, 2.05) is 59.8 Å². The number of hydrogen-bond donors (Lipinski definition) is 1. The van der Waals surface area contributed by atoms with Crippen molar-refractivity contribution in [2.24, 2.45) is 17.8 Å². The van der Waals surface area contributed by atoms with Crippen molar-refractivity contribution >= 4 is 20.4 Å². The number of hydrogen-bond acceptors (Lipinski definition) is 9. The number of carbonyl (C=O) groups excluding carboxylic acids is 2. The van der Waals surface area contributed by atoms with Crippen LogP contribution in [0.15, 0.2) is 36.0 Å². The van der Waals surface area contributed by atoms with E-state index in [9.17, 15) is 14.7 Å². The first kappa shape index (κ1) is 46.1. The maximum Gasteiger partial charge on any atom is 0.409 e. The number of aliphatic hydroxyl groups is 1. The second-order valence-corrected chi connectivity index (χ2v) is 20.2. The van der Waals surface area contributed by atoms with Gasteiger partial charge >= 0.3 is 12.1 Å². The van der Waals surface area contributed by atoms with Crippen LogP contribution in [0, 0.1) is 17.8 Å². The van der Waals surface area contributed by atoms with E-state index in [0.717, 1.165) is 36.5 Å². The third kappa shape index (κ3) is 14.0. The molecule has 0 aromatic carbocycles. The minimum Gasteiger partial charge on any atom is -0.457 e. The molecule has 2 heterocycles. The summed E-state index contributed by atoms with van der Waals surface area (Å²) in [5.74, 6) is -0.144. The zero-order valence-corrected chi connectivity index (χ0v) is 35.7. The normalized spacial score (nSPS) is 30.1. The molecule has 0 radical (unpaired) electrons.